The number of aromatic amines is 1. The number of phenols is 1. The van der Waals surface area contributed by atoms with Crippen molar-refractivity contribution in [3.05, 3.63) is 83.6 Å². The number of halogens is 3. The average molecular weight is 484 g/mol. The van der Waals surface area contributed by atoms with Gasteiger partial charge in [-0.3, -0.25) is 5.10 Å². The van der Waals surface area contributed by atoms with Crippen molar-refractivity contribution in [2.75, 3.05) is 7.11 Å². The van der Waals surface area contributed by atoms with Crippen LogP contribution in [0, 0.1) is 0 Å². The Morgan fingerprint density at radius 1 is 0.886 bits per heavy atom. The van der Waals surface area contributed by atoms with Gasteiger partial charge >= 0.3 is 6.18 Å². The minimum atomic E-state index is -4.74. The lowest BCUT2D eigenvalue weighted by Crippen LogP contribution is -2.07. The van der Waals surface area contributed by atoms with E-state index >= 15 is 0 Å². The van der Waals surface area contributed by atoms with Crippen molar-refractivity contribution >= 4 is 0 Å². The van der Waals surface area contributed by atoms with Crippen LogP contribution < -0.4 is 14.2 Å². The van der Waals surface area contributed by atoms with Gasteiger partial charge in [0.25, 0.3) is 0 Å². The van der Waals surface area contributed by atoms with Crippen LogP contribution in [0.1, 0.15) is 23.7 Å². The molecule has 0 atom stereocenters. The molecule has 0 amide bonds. The quantitative estimate of drug-likeness (QED) is 0.290. The molecule has 0 aliphatic rings. The summed E-state index contributed by atoms with van der Waals surface area (Å²) in [7, 11) is 1.57. The molecular weight excluding hydrogens is 461 g/mol. The smallest absolute Gasteiger partial charge is 0.436 e. The summed E-state index contributed by atoms with van der Waals surface area (Å²) in [5.74, 6) is 0.445. The number of aromatic hydroxyl groups is 1. The number of aryl methyl sites for hydroxylation is 1. The Bertz CT molecular complexity index is 1280. The van der Waals surface area contributed by atoms with E-state index in [1.54, 1.807) is 49.6 Å². The Hall–Kier alpha value is -4.14. The van der Waals surface area contributed by atoms with E-state index in [2.05, 4.69) is 5.10 Å². The topological polar surface area (TPSA) is 76.6 Å². The minimum absolute atomic E-state index is 0.0636. The fraction of sp³-hybridized carbons (Fsp3) is 0.192. The lowest BCUT2D eigenvalue weighted by atomic mass is 10.1. The van der Waals surface area contributed by atoms with Gasteiger partial charge in [-0.05, 0) is 53.9 Å². The lowest BCUT2D eigenvalue weighted by Gasteiger charge is -2.12. The van der Waals surface area contributed by atoms with Gasteiger partial charge in [0.05, 0.1) is 7.11 Å². The normalized spacial score (nSPS) is 11.3. The van der Waals surface area contributed by atoms with Gasteiger partial charge in [0.2, 0.25) is 0 Å². The third-order valence-electron chi connectivity index (χ3n) is 5.35. The van der Waals surface area contributed by atoms with Crippen LogP contribution in [0.25, 0.3) is 11.3 Å². The summed E-state index contributed by atoms with van der Waals surface area (Å²) in [4.78, 5) is 0. The van der Waals surface area contributed by atoms with Gasteiger partial charge in [0.15, 0.2) is 11.4 Å². The number of benzene rings is 3. The van der Waals surface area contributed by atoms with Crippen LogP contribution in [0.3, 0.4) is 0 Å². The molecule has 0 fully saturated rings. The maximum Gasteiger partial charge on any atom is 0.436 e. The number of H-pyrrole nitrogens is 1. The first kappa shape index (κ1) is 24.0. The lowest BCUT2D eigenvalue weighted by molar-refractivity contribution is -0.142. The van der Waals surface area contributed by atoms with Crippen LogP contribution in [0.2, 0.25) is 0 Å². The first-order valence-electron chi connectivity index (χ1n) is 10.8. The monoisotopic (exact) mass is 484 g/mol. The van der Waals surface area contributed by atoms with Gasteiger partial charge < -0.3 is 19.3 Å². The first-order valence-corrected chi connectivity index (χ1v) is 10.8. The second-order valence-electron chi connectivity index (χ2n) is 7.69. The molecule has 3 aromatic carbocycles. The second-order valence-corrected chi connectivity index (χ2v) is 7.69. The number of nitrogens with zero attached hydrogens (tertiary/aromatic N) is 1. The molecule has 0 aliphatic heterocycles. The van der Waals surface area contributed by atoms with Gasteiger partial charge in [-0.2, -0.15) is 18.3 Å². The van der Waals surface area contributed by atoms with Crippen LogP contribution in [-0.4, -0.2) is 22.4 Å². The summed E-state index contributed by atoms with van der Waals surface area (Å²) in [6.07, 6.45) is -3.95. The molecule has 0 radical (unpaired) electrons. The number of phenolic OH excluding ortho intramolecular Hbond substituents is 1. The number of hydrogen-bond donors (Lipinski definition) is 2. The van der Waals surface area contributed by atoms with Crippen LogP contribution in [-0.2, 0) is 19.2 Å². The zero-order valence-electron chi connectivity index (χ0n) is 19.0. The SMILES string of the molecule is CCc1ccc(Oc2c(-c3ccc(OCc4ccc(OC)cc4)cc3O)n[nH]c2C(F)(F)F)cc1. The Balaban J connectivity index is 1.60. The maximum atomic E-state index is 13.6. The van der Waals surface area contributed by atoms with E-state index in [9.17, 15) is 18.3 Å². The summed E-state index contributed by atoms with van der Waals surface area (Å²) in [5.41, 5.74) is 0.640. The Kier molecular flexibility index (Phi) is 6.86. The van der Waals surface area contributed by atoms with Crippen molar-refractivity contribution in [1.29, 1.82) is 0 Å². The van der Waals surface area contributed by atoms with Crippen LogP contribution in [0.4, 0.5) is 13.2 Å². The molecule has 1 heterocycles. The molecule has 0 saturated heterocycles. The van der Waals surface area contributed by atoms with Gasteiger partial charge in [0, 0.05) is 11.6 Å². The van der Waals surface area contributed by atoms with Crippen molar-refractivity contribution in [3.63, 3.8) is 0 Å². The number of rotatable bonds is 8. The number of alkyl halides is 3. The van der Waals surface area contributed by atoms with Crippen LogP contribution in [0.5, 0.6) is 28.7 Å². The molecule has 9 heteroatoms. The van der Waals surface area contributed by atoms with E-state index < -0.39 is 17.6 Å². The summed E-state index contributed by atoms with van der Waals surface area (Å²) in [6, 6.07) is 18.3. The van der Waals surface area contributed by atoms with Gasteiger partial charge in [0.1, 0.15) is 35.3 Å². The Morgan fingerprint density at radius 2 is 1.51 bits per heavy atom. The van der Waals surface area contributed by atoms with E-state index in [1.165, 1.54) is 12.1 Å². The number of aromatic nitrogens is 2. The van der Waals surface area contributed by atoms with E-state index in [1.807, 2.05) is 24.2 Å². The molecule has 35 heavy (non-hydrogen) atoms. The second kappa shape index (κ2) is 10.0. The van der Waals surface area contributed by atoms with Gasteiger partial charge in [-0.25, -0.2) is 0 Å². The molecule has 4 rings (SSSR count). The van der Waals surface area contributed by atoms with Crippen molar-refractivity contribution in [2.24, 2.45) is 0 Å². The standard InChI is InChI=1S/C26H23F3N2O4/c1-3-16-4-10-19(11-5-16)35-24-23(30-31-25(24)26(27,28)29)21-13-12-20(14-22(21)32)34-15-17-6-8-18(33-2)9-7-17/h4-14,32H,3,15H2,1-2H3,(H,30,31). The Labute approximate surface area is 199 Å². The third-order valence-corrected chi connectivity index (χ3v) is 5.35. The zero-order valence-corrected chi connectivity index (χ0v) is 19.0. The van der Waals surface area contributed by atoms with Crippen LogP contribution >= 0.6 is 0 Å². The molecule has 2 N–H and O–H groups in total. The summed E-state index contributed by atoms with van der Waals surface area (Å²) < 4.78 is 57.3. The number of ether oxygens (including phenoxy) is 3. The average Bonchev–Trinajstić information content (AvgIpc) is 3.27. The molecule has 0 saturated carbocycles. The van der Waals surface area contributed by atoms with Crippen molar-refractivity contribution in [3.8, 4) is 40.0 Å². The summed E-state index contributed by atoms with van der Waals surface area (Å²) in [6.45, 7) is 2.20. The highest BCUT2D eigenvalue weighted by molar-refractivity contribution is 5.74. The van der Waals surface area contributed by atoms with Gasteiger partial charge in [-0.1, -0.05) is 31.2 Å². The van der Waals surface area contributed by atoms with E-state index in [4.69, 9.17) is 14.2 Å². The minimum Gasteiger partial charge on any atom is -0.507 e. The van der Waals surface area contributed by atoms with Crippen molar-refractivity contribution in [2.45, 2.75) is 26.1 Å². The van der Waals surface area contributed by atoms with Crippen molar-refractivity contribution in [1.82, 2.24) is 10.2 Å². The highest BCUT2D eigenvalue weighted by Gasteiger charge is 2.39. The molecule has 0 spiro atoms. The predicted octanol–water partition coefficient (Wildman–Crippen LogP) is 6.74. The summed E-state index contributed by atoms with van der Waals surface area (Å²) in [5, 5.41) is 16.4. The fourth-order valence-corrected chi connectivity index (χ4v) is 3.41. The molecule has 182 valence electrons. The molecule has 0 unspecified atom stereocenters. The highest BCUT2D eigenvalue weighted by Crippen LogP contribution is 2.45. The van der Waals surface area contributed by atoms with E-state index in [0.717, 1.165) is 17.5 Å². The predicted molar refractivity (Wildman–Crippen MR) is 124 cm³/mol. The zero-order chi connectivity index (χ0) is 25.0. The van der Waals surface area contributed by atoms with Crippen LogP contribution in [0.15, 0.2) is 66.7 Å². The molecule has 4 aromatic rings. The number of methoxy groups -OCH3 is 1. The molecule has 0 bridgehead atoms. The number of nitrogens with one attached hydrogen (secondary N) is 1. The number of hydrogen-bond acceptors (Lipinski definition) is 5. The summed E-state index contributed by atoms with van der Waals surface area (Å²) >= 11 is 0. The van der Waals surface area contributed by atoms with E-state index in [-0.39, 0.29) is 29.4 Å². The third kappa shape index (κ3) is 5.51. The first-order chi connectivity index (χ1) is 16.8. The highest BCUT2D eigenvalue weighted by atomic mass is 19.4. The van der Waals surface area contributed by atoms with Crippen molar-refractivity contribution < 1.29 is 32.5 Å². The fourth-order valence-electron chi connectivity index (χ4n) is 3.41. The Morgan fingerprint density at radius 3 is 2.11 bits per heavy atom. The van der Waals surface area contributed by atoms with Gasteiger partial charge in [-0.15, -0.1) is 0 Å². The molecular formula is C26H23F3N2O4. The maximum absolute atomic E-state index is 13.6. The molecule has 0 aliphatic carbocycles. The molecule has 1 aromatic heterocycles. The van der Waals surface area contributed by atoms with E-state index in [0.29, 0.717) is 11.5 Å². The largest absolute Gasteiger partial charge is 0.507 e. The molecule has 6 nitrogen and oxygen atoms in total.